The van der Waals surface area contributed by atoms with Crippen LogP contribution in [0.5, 0.6) is 17.2 Å². The first-order chi connectivity index (χ1) is 12.0. The zero-order valence-corrected chi connectivity index (χ0v) is 15.2. The standard InChI is InChI=1S/C17H24N4O4/c1-20(2)6-7-21-11-13(10-18-21)19-17(22)12-8-14(23-3)16(25-5)15(9-12)24-4/h8-11H,6-7H2,1-5H3,(H,19,22). The second-order valence-electron chi connectivity index (χ2n) is 5.66. The summed E-state index contributed by atoms with van der Waals surface area (Å²) in [4.78, 5) is 14.6. The maximum Gasteiger partial charge on any atom is 0.256 e. The smallest absolute Gasteiger partial charge is 0.256 e. The second-order valence-corrected chi connectivity index (χ2v) is 5.66. The average molecular weight is 348 g/mol. The van der Waals surface area contributed by atoms with Crippen LogP contribution in [0.1, 0.15) is 10.4 Å². The lowest BCUT2D eigenvalue weighted by atomic mass is 10.1. The van der Waals surface area contributed by atoms with Crippen LogP contribution in [-0.2, 0) is 6.54 Å². The third-order valence-corrected chi connectivity index (χ3v) is 3.59. The monoisotopic (exact) mass is 348 g/mol. The van der Waals surface area contributed by atoms with E-state index in [1.54, 1.807) is 29.2 Å². The first-order valence-corrected chi connectivity index (χ1v) is 7.77. The van der Waals surface area contributed by atoms with Crippen molar-refractivity contribution >= 4 is 11.6 Å². The van der Waals surface area contributed by atoms with Gasteiger partial charge in [0, 0.05) is 18.3 Å². The van der Waals surface area contributed by atoms with Crippen molar-refractivity contribution in [2.75, 3.05) is 47.3 Å². The van der Waals surface area contributed by atoms with Gasteiger partial charge in [-0.25, -0.2) is 0 Å². The van der Waals surface area contributed by atoms with Crippen molar-refractivity contribution in [2.24, 2.45) is 0 Å². The molecule has 1 N–H and O–H groups in total. The number of amides is 1. The summed E-state index contributed by atoms with van der Waals surface area (Å²) in [5.41, 5.74) is 1.02. The molecule has 1 heterocycles. The second kappa shape index (κ2) is 8.39. The molecule has 1 aromatic carbocycles. The van der Waals surface area contributed by atoms with Gasteiger partial charge in [-0.2, -0.15) is 5.10 Å². The molecule has 1 aromatic heterocycles. The fourth-order valence-electron chi connectivity index (χ4n) is 2.27. The minimum Gasteiger partial charge on any atom is -0.493 e. The summed E-state index contributed by atoms with van der Waals surface area (Å²) in [6, 6.07) is 3.21. The summed E-state index contributed by atoms with van der Waals surface area (Å²) < 4.78 is 17.6. The molecule has 0 saturated heterocycles. The van der Waals surface area contributed by atoms with E-state index in [0.717, 1.165) is 13.1 Å². The molecule has 2 rings (SSSR count). The molecule has 0 saturated carbocycles. The molecule has 0 radical (unpaired) electrons. The van der Waals surface area contributed by atoms with E-state index in [-0.39, 0.29) is 5.91 Å². The van der Waals surface area contributed by atoms with Gasteiger partial charge in [-0.05, 0) is 26.2 Å². The average Bonchev–Trinajstić information content (AvgIpc) is 3.05. The fraction of sp³-hybridized carbons (Fsp3) is 0.412. The topological polar surface area (TPSA) is 77.9 Å². The van der Waals surface area contributed by atoms with Gasteiger partial charge in [0.2, 0.25) is 5.75 Å². The molecule has 8 heteroatoms. The van der Waals surface area contributed by atoms with Crippen molar-refractivity contribution in [3.8, 4) is 17.2 Å². The number of carbonyl (C=O) groups is 1. The number of carbonyl (C=O) groups excluding carboxylic acids is 1. The Bertz CT molecular complexity index is 702. The molecule has 1 amide bonds. The fourth-order valence-corrected chi connectivity index (χ4v) is 2.27. The van der Waals surface area contributed by atoms with Crippen LogP contribution in [0.15, 0.2) is 24.5 Å². The molecule has 0 aliphatic rings. The summed E-state index contributed by atoms with van der Waals surface area (Å²) in [7, 11) is 8.52. The number of rotatable bonds is 8. The molecule has 136 valence electrons. The largest absolute Gasteiger partial charge is 0.493 e. The zero-order valence-electron chi connectivity index (χ0n) is 15.2. The summed E-state index contributed by atoms with van der Waals surface area (Å²) in [5, 5.41) is 7.05. The zero-order chi connectivity index (χ0) is 18.4. The molecule has 0 aliphatic heterocycles. The predicted octanol–water partition coefficient (Wildman–Crippen LogP) is 1.72. The van der Waals surface area contributed by atoms with Crippen LogP contribution in [0.25, 0.3) is 0 Å². The Balaban J connectivity index is 2.15. The molecular formula is C17H24N4O4. The van der Waals surface area contributed by atoms with Crippen molar-refractivity contribution in [1.29, 1.82) is 0 Å². The number of likely N-dealkylation sites (N-methyl/N-ethyl adjacent to an activating group) is 1. The van der Waals surface area contributed by atoms with Crippen molar-refractivity contribution < 1.29 is 19.0 Å². The molecule has 2 aromatic rings. The molecule has 0 spiro atoms. The van der Waals surface area contributed by atoms with E-state index in [4.69, 9.17) is 14.2 Å². The Labute approximate surface area is 147 Å². The lowest BCUT2D eigenvalue weighted by Crippen LogP contribution is -2.18. The molecular weight excluding hydrogens is 324 g/mol. The van der Waals surface area contributed by atoms with Gasteiger partial charge in [0.05, 0.1) is 39.8 Å². The highest BCUT2D eigenvalue weighted by Gasteiger charge is 2.17. The normalized spacial score (nSPS) is 10.6. The van der Waals surface area contributed by atoms with Crippen LogP contribution in [0.4, 0.5) is 5.69 Å². The molecule has 0 fully saturated rings. The summed E-state index contributed by atoms with van der Waals surface area (Å²) in [5.74, 6) is 1.01. The van der Waals surface area contributed by atoms with Crippen molar-refractivity contribution in [2.45, 2.75) is 6.54 Å². The van der Waals surface area contributed by atoms with Gasteiger partial charge in [0.1, 0.15) is 0 Å². The number of anilines is 1. The summed E-state index contributed by atoms with van der Waals surface area (Å²) >= 11 is 0. The molecule has 0 unspecified atom stereocenters. The third kappa shape index (κ3) is 4.63. The van der Waals surface area contributed by atoms with E-state index in [9.17, 15) is 4.79 Å². The van der Waals surface area contributed by atoms with Gasteiger partial charge in [0.15, 0.2) is 11.5 Å². The first kappa shape index (κ1) is 18.6. The first-order valence-electron chi connectivity index (χ1n) is 7.77. The molecule has 0 aliphatic carbocycles. The number of ether oxygens (including phenoxy) is 3. The number of aromatic nitrogens is 2. The maximum absolute atomic E-state index is 12.5. The van der Waals surface area contributed by atoms with Crippen LogP contribution in [0.2, 0.25) is 0 Å². The van der Waals surface area contributed by atoms with Crippen LogP contribution in [0.3, 0.4) is 0 Å². The number of nitrogens with zero attached hydrogens (tertiary/aromatic N) is 3. The van der Waals surface area contributed by atoms with E-state index < -0.39 is 0 Å². The number of hydrogen-bond donors (Lipinski definition) is 1. The van der Waals surface area contributed by atoms with Crippen molar-refractivity contribution in [3.63, 3.8) is 0 Å². The maximum atomic E-state index is 12.5. The SMILES string of the molecule is COc1cc(C(=O)Nc2cnn(CCN(C)C)c2)cc(OC)c1OC. The third-order valence-electron chi connectivity index (χ3n) is 3.59. The van der Waals surface area contributed by atoms with Crippen molar-refractivity contribution in [3.05, 3.63) is 30.1 Å². The van der Waals surface area contributed by atoms with Gasteiger partial charge in [-0.3, -0.25) is 9.48 Å². The molecule has 25 heavy (non-hydrogen) atoms. The predicted molar refractivity (Wildman–Crippen MR) is 94.8 cm³/mol. The lowest BCUT2D eigenvalue weighted by Gasteiger charge is -2.13. The number of benzene rings is 1. The van der Waals surface area contributed by atoms with Crippen LogP contribution in [-0.4, -0.2) is 62.6 Å². The van der Waals surface area contributed by atoms with E-state index in [2.05, 4.69) is 15.3 Å². The van der Waals surface area contributed by atoms with Gasteiger partial charge in [-0.1, -0.05) is 0 Å². The van der Waals surface area contributed by atoms with Crippen LogP contribution < -0.4 is 19.5 Å². The molecule has 8 nitrogen and oxygen atoms in total. The number of hydrogen-bond acceptors (Lipinski definition) is 6. The van der Waals surface area contributed by atoms with E-state index in [1.807, 2.05) is 14.1 Å². The molecule has 0 atom stereocenters. The Hall–Kier alpha value is -2.74. The Morgan fingerprint density at radius 3 is 2.32 bits per heavy atom. The number of nitrogens with one attached hydrogen (secondary N) is 1. The Morgan fingerprint density at radius 2 is 1.80 bits per heavy atom. The van der Waals surface area contributed by atoms with Crippen LogP contribution in [0, 0.1) is 0 Å². The summed E-state index contributed by atoms with van der Waals surface area (Å²) in [6.45, 7) is 1.61. The quantitative estimate of drug-likeness (QED) is 0.783. The highest BCUT2D eigenvalue weighted by atomic mass is 16.5. The van der Waals surface area contributed by atoms with Gasteiger partial charge < -0.3 is 24.4 Å². The van der Waals surface area contributed by atoms with Gasteiger partial charge in [-0.15, -0.1) is 0 Å². The van der Waals surface area contributed by atoms with Gasteiger partial charge >= 0.3 is 0 Å². The van der Waals surface area contributed by atoms with Crippen molar-refractivity contribution in [1.82, 2.24) is 14.7 Å². The highest BCUT2D eigenvalue weighted by molar-refractivity contribution is 6.05. The Kier molecular flexibility index (Phi) is 6.24. The minimum atomic E-state index is -0.286. The number of methoxy groups -OCH3 is 3. The van der Waals surface area contributed by atoms with E-state index in [1.165, 1.54) is 21.3 Å². The molecule has 0 bridgehead atoms. The lowest BCUT2D eigenvalue weighted by molar-refractivity contribution is 0.102. The summed E-state index contributed by atoms with van der Waals surface area (Å²) in [6.07, 6.45) is 3.41. The highest BCUT2D eigenvalue weighted by Crippen LogP contribution is 2.38. The van der Waals surface area contributed by atoms with Crippen LogP contribution >= 0.6 is 0 Å². The minimum absolute atomic E-state index is 0.286. The van der Waals surface area contributed by atoms with Gasteiger partial charge in [0.25, 0.3) is 5.91 Å². The van der Waals surface area contributed by atoms with E-state index >= 15 is 0 Å². The Morgan fingerprint density at radius 1 is 1.16 bits per heavy atom. The van der Waals surface area contributed by atoms with E-state index in [0.29, 0.717) is 28.5 Å².